The van der Waals surface area contributed by atoms with E-state index in [1.54, 1.807) is 48.0 Å². The second kappa shape index (κ2) is 9.58. The molecule has 35 heavy (non-hydrogen) atoms. The zero-order valence-corrected chi connectivity index (χ0v) is 19.8. The summed E-state index contributed by atoms with van der Waals surface area (Å²) in [4.78, 5) is 47.0. The van der Waals surface area contributed by atoms with Crippen molar-refractivity contribution in [3.63, 3.8) is 0 Å². The van der Waals surface area contributed by atoms with Crippen molar-refractivity contribution in [1.29, 1.82) is 0 Å². The number of pyridine rings is 1. The zero-order chi connectivity index (χ0) is 24.4. The zero-order valence-electron chi connectivity index (χ0n) is 19.0. The number of rotatable bonds is 6. The van der Waals surface area contributed by atoms with Gasteiger partial charge < -0.3 is 10.2 Å². The summed E-state index contributed by atoms with van der Waals surface area (Å²) >= 11 is 1.57. The monoisotopic (exact) mass is 492 g/mol. The van der Waals surface area contributed by atoms with Gasteiger partial charge in [-0.1, -0.05) is 18.2 Å². The van der Waals surface area contributed by atoms with Gasteiger partial charge in [0.25, 0.3) is 5.91 Å². The lowest BCUT2D eigenvalue weighted by atomic mass is 9.73. The van der Waals surface area contributed by atoms with Crippen LogP contribution in [0.2, 0.25) is 0 Å². The van der Waals surface area contributed by atoms with Crippen molar-refractivity contribution in [3.05, 3.63) is 88.1 Å². The number of carbonyl (C=O) groups is 3. The predicted molar refractivity (Wildman–Crippen MR) is 129 cm³/mol. The van der Waals surface area contributed by atoms with Gasteiger partial charge in [0.2, 0.25) is 5.91 Å². The first-order chi connectivity index (χ1) is 17.0. The summed E-state index contributed by atoms with van der Waals surface area (Å²) in [6, 6.07) is 10.8. The maximum absolute atomic E-state index is 13.9. The minimum absolute atomic E-state index is 0.0466. The van der Waals surface area contributed by atoms with Crippen LogP contribution in [0.3, 0.4) is 0 Å². The number of carbonyl (C=O) groups excluding carboxylic acids is 3. The number of imide groups is 1. The smallest absolute Gasteiger partial charge is 0.325 e. The molecule has 180 valence electrons. The van der Waals surface area contributed by atoms with Crippen LogP contribution in [0.4, 0.5) is 9.18 Å². The Bertz CT molecular complexity index is 1210. The van der Waals surface area contributed by atoms with Crippen molar-refractivity contribution in [2.24, 2.45) is 5.92 Å². The Morgan fingerprint density at radius 1 is 1.11 bits per heavy atom. The van der Waals surface area contributed by atoms with E-state index in [1.165, 1.54) is 17.0 Å². The first-order valence-corrected chi connectivity index (χ1v) is 12.5. The van der Waals surface area contributed by atoms with E-state index in [-0.39, 0.29) is 30.1 Å². The normalized spacial score (nSPS) is 20.8. The van der Waals surface area contributed by atoms with E-state index >= 15 is 0 Å². The van der Waals surface area contributed by atoms with Crippen molar-refractivity contribution >= 4 is 29.2 Å². The van der Waals surface area contributed by atoms with E-state index in [4.69, 9.17) is 0 Å². The molecular formula is C26H25FN4O3S. The molecule has 2 saturated heterocycles. The number of aromatic nitrogens is 1. The standard InChI is InChI=1S/C26H25FN4O3S/c27-22-5-3-18(4-6-22)16-31-24(33)26(29-25(31)34,21-2-1-10-28-15-21)20-7-11-30(12-8-20)23(32)14-19-9-13-35-17-19/h1-6,9-10,13,15,17,20H,7-8,11-12,14,16H2,(H,29,34)/t26-/m1/s1. The number of nitrogens with one attached hydrogen (secondary N) is 1. The Hall–Kier alpha value is -3.59. The van der Waals surface area contributed by atoms with Gasteiger partial charge in [-0.25, -0.2) is 9.18 Å². The number of piperidine rings is 1. The van der Waals surface area contributed by atoms with E-state index in [1.807, 2.05) is 21.7 Å². The molecule has 2 aliphatic rings. The lowest BCUT2D eigenvalue weighted by Crippen LogP contribution is -2.54. The van der Waals surface area contributed by atoms with Gasteiger partial charge in [-0.05, 0) is 64.9 Å². The lowest BCUT2D eigenvalue weighted by molar-refractivity contribution is -0.136. The molecule has 5 rings (SSSR count). The van der Waals surface area contributed by atoms with E-state index in [2.05, 4.69) is 10.3 Å². The Labute approximate surface area is 206 Å². The topological polar surface area (TPSA) is 82.6 Å². The van der Waals surface area contributed by atoms with Crippen LogP contribution in [-0.2, 0) is 28.1 Å². The molecule has 1 N–H and O–H groups in total. The quantitative estimate of drug-likeness (QED) is 0.532. The Morgan fingerprint density at radius 3 is 2.54 bits per heavy atom. The van der Waals surface area contributed by atoms with Crippen LogP contribution in [0.15, 0.2) is 65.6 Å². The molecule has 9 heteroatoms. The molecule has 0 spiro atoms. The first kappa shape index (κ1) is 23.2. The highest BCUT2D eigenvalue weighted by Gasteiger charge is 2.57. The number of halogens is 1. The average Bonchev–Trinajstić information content (AvgIpc) is 3.48. The third kappa shape index (κ3) is 4.43. The first-order valence-electron chi connectivity index (χ1n) is 11.6. The highest BCUT2D eigenvalue weighted by Crippen LogP contribution is 2.41. The third-order valence-electron chi connectivity index (χ3n) is 6.90. The SMILES string of the molecule is O=C(Cc1ccsc1)N1CCC([C@]2(c3cccnc3)NC(=O)N(Cc3ccc(F)cc3)C2=O)CC1. The molecular weight excluding hydrogens is 467 g/mol. The molecule has 2 aromatic heterocycles. The largest absolute Gasteiger partial charge is 0.342 e. The highest BCUT2D eigenvalue weighted by molar-refractivity contribution is 7.08. The molecule has 0 unspecified atom stereocenters. The van der Waals surface area contributed by atoms with Crippen LogP contribution >= 0.6 is 11.3 Å². The molecule has 0 radical (unpaired) electrons. The third-order valence-corrected chi connectivity index (χ3v) is 7.63. The maximum atomic E-state index is 13.9. The molecule has 4 amide bonds. The summed E-state index contributed by atoms with van der Waals surface area (Å²) in [5.41, 5.74) is 1.03. The molecule has 1 atom stereocenters. The summed E-state index contributed by atoms with van der Waals surface area (Å²) < 4.78 is 13.3. The van der Waals surface area contributed by atoms with Crippen molar-refractivity contribution in [3.8, 4) is 0 Å². The molecule has 7 nitrogen and oxygen atoms in total. The Kier molecular flexibility index (Phi) is 6.34. The predicted octanol–water partition coefficient (Wildman–Crippen LogP) is 3.71. The highest BCUT2D eigenvalue weighted by atomic mass is 32.1. The molecule has 2 aliphatic heterocycles. The second-order valence-corrected chi connectivity index (χ2v) is 9.74. The summed E-state index contributed by atoms with van der Waals surface area (Å²) in [6.07, 6.45) is 4.75. The van der Waals surface area contributed by atoms with Crippen molar-refractivity contribution < 1.29 is 18.8 Å². The minimum atomic E-state index is -1.26. The number of urea groups is 1. The number of hydrogen-bond acceptors (Lipinski definition) is 5. The van der Waals surface area contributed by atoms with Gasteiger partial charge in [0.05, 0.1) is 13.0 Å². The van der Waals surface area contributed by atoms with Gasteiger partial charge in [-0.2, -0.15) is 11.3 Å². The van der Waals surface area contributed by atoms with Gasteiger partial charge in [0.1, 0.15) is 5.82 Å². The lowest BCUT2D eigenvalue weighted by Gasteiger charge is -2.41. The number of hydrogen-bond donors (Lipinski definition) is 1. The van der Waals surface area contributed by atoms with Crippen LogP contribution in [0, 0.1) is 11.7 Å². The van der Waals surface area contributed by atoms with Crippen LogP contribution in [0.1, 0.15) is 29.5 Å². The Morgan fingerprint density at radius 2 is 1.89 bits per heavy atom. The Balaban J connectivity index is 1.37. The van der Waals surface area contributed by atoms with Gasteiger partial charge in [0, 0.05) is 31.0 Å². The molecule has 4 heterocycles. The average molecular weight is 493 g/mol. The summed E-state index contributed by atoms with van der Waals surface area (Å²) in [5.74, 6) is -0.859. The summed E-state index contributed by atoms with van der Waals surface area (Å²) in [6.45, 7) is 1.07. The fourth-order valence-corrected chi connectivity index (χ4v) is 5.72. The fraction of sp³-hybridized carbons (Fsp3) is 0.308. The van der Waals surface area contributed by atoms with E-state index < -0.39 is 11.6 Å². The van der Waals surface area contributed by atoms with Gasteiger partial charge in [0.15, 0.2) is 5.54 Å². The molecule has 0 saturated carbocycles. The molecule has 3 aromatic rings. The van der Waals surface area contributed by atoms with Crippen molar-refractivity contribution in [2.45, 2.75) is 31.3 Å². The van der Waals surface area contributed by atoms with Crippen LogP contribution in [-0.4, -0.2) is 45.7 Å². The van der Waals surface area contributed by atoms with E-state index in [0.29, 0.717) is 43.5 Å². The van der Waals surface area contributed by atoms with E-state index in [9.17, 15) is 18.8 Å². The second-order valence-electron chi connectivity index (χ2n) is 8.96. The van der Waals surface area contributed by atoms with Gasteiger partial charge in [-0.3, -0.25) is 19.5 Å². The minimum Gasteiger partial charge on any atom is -0.342 e. The van der Waals surface area contributed by atoms with Crippen molar-refractivity contribution in [2.75, 3.05) is 13.1 Å². The van der Waals surface area contributed by atoms with Crippen LogP contribution in [0.25, 0.3) is 0 Å². The summed E-state index contributed by atoms with van der Waals surface area (Å²) in [5, 5.41) is 6.92. The molecule has 2 fully saturated rings. The number of nitrogens with zero attached hydrogens (tertiary/aromatic N) is 3. The maximum Gasteiger partial charge on any atom is 0.325 e. The van der Waals surface area contributed by atoms with E-state index in [0.717, 1.165) is 5.56 Å². The number of amides is 4. The number of likely N-dealkylation sites (tertiary alicyclic amines) is 1. The molecule has 0 bridgehead atoms. The molecule has 1 aromatic carbocycles. The number of thiophene rings is 1. The van der Waals surface area contributed by atoms with Crippen LogP contribution < -0.4 is 5.32 Å². The molecule has 0 aliphatic carbocycles. The number of benzene rings is 1. The summed E-state index contributed by atoms with van der Waals surface area (Å²) in [7, 11) is 0. The van der Waals surface area contributed by atoms with Crippen molar-refractivity contribution in [1.82, 2.24) is 20.1 Å². The fourth-order valence-electron chi connectivity index (χ4n) is 5.06. The van der Waals surface area contributed by atoms with Gasteiger partial charge in [-0.15, -0.1) is 0 Å². The van der Waals surface area contributed by atoms with Gasteiger partial charge >= 0.3 is 6.03 Å². The van der Waals surface area contributed by atoms with Crippen LogP contribution in [0.5, 0.6) is 0 Å².